The fourth-order valence-electron chi connectivity index (χ4n) is 2.20. The summed E-state index contributed by atoms with van der Waals surface area (Å²) in [6.07, 6.45) is 0. The summed E-state index contributed by atoms with van der Waals surface area (Å²) in [5, 5.41) is 19.0. The number of hydrogen-bond acceptors (Lipinski definition) is 5. The maximum Gasteiger partial charge on any atom is 0.181 e. The number of aromatic hydroxyl groups is 1. The molecular weight excluding hydrogens is 304 g/mol. The first kappa shape index (κ1) is 14.5. The van der Waals surface area contributed by atoms with Gasteiger partial charge in [0, 0.05) is 6.54 Å². The molecule has 0 unspecified atom stereocenters. The van der Waals surface area contributed by atoms with E-state index in [4.69, 9.17) is 17.3 Å². The molecule has 1 aromatic heterocycles. The van der Waals surface area contributed by atoms with Crippen LogP contribution in [0.25, 0.3) is 16.7 Å². The number of carbonyl (C=O) groups is 1. The molecule has 0 atom stereocenters. The van der Waals surface area contributed by atoms with E-state index in [1.165, 1.54) is 10.9 Å². The van der Waals surface area contributed by atoms with Crippen molar-refractivity contribution in [3.8, 4) is 11.4 Å². The Bertz CT molecular complexity index is 827. The third-order valence-electron chi connectivity index (χ3n) is 3.31. The van der Waals surface area contributed by atoms with Gasteiger partial charge in [0.25, 0.3) is 0 Å². The van der Waals surface area contributed by atoms with Gasteiger partial charge in [-0.2, -0.15) is 0 Å². The topological polar surface area (TPSA) is 94.0 Å². The van der Waals surface area contributed by atoms with E-state index < -0.39 is 0 Å². The number of carbonyl (C=O) groups excluding carboxylic acids is 1. The fourth-order valence-corrected chi connectivity index (χ4v) is 2.34. The Morgan fingerprint density at radius 1 is 1.23 bits per heavy atom. The van der Waals surface area contributed by atoms with Gasteiger partial charge in [-0.3, -0.25) is 4.79 Å². The van der Waals surface area contributed by atoms with Crippen molar-refractivity contribution < 1.29 is 9.90 Å². The van der Waals surface area contributed by atoms with Crippen molar-refractivity contribution in [1.29, 1.82) is 0 Å². The third kappa shape index (κ3) is 2.43. The minimum Gasteiger partial charge on any atom is -0.505 e. The van der Waals surface area contributed by atoms with E-state index in [-0.39, 0.29) is 29.5 Å². The third-order valence-corrected chi connectivity index (χ3v) is 3.55. The predicted octanol–water partition coefficient (Wildman–Crippen LogP) is 2.01. The van der Waals surface area contributed by atoms with E-state index in [0.29, 0.717) is 22.3 Å². The lowest BCUT2D eigenvalue weighted by molar-refractivity contribution is 0.101. The molecule has 7 heteroatoms. The smallest absolute Gasteiger partial charge is 0.181 e. The Morgan fingerprint density at radius 3 is 2.41 bits per heavy atom. The van der Waals surface area contributed by atoms with Gasteiger partial charge in [-0.15, -0.1) is 26.6 Å². The zero-order valence-electron chi connectivity index (χ0n) is 11.5. The number of rotatable bonds is 4. The number of nitrogens with two attached hydrogens (primary N) is 1. The lowest BCUT2D eigenvalue weighted by atomic mass is 10.0. The molecule has 112 valence electrons. The zero-order valence-corrected chi connectivity index (χ0v) is 12.3. The number of Topliss-reactive ketones (excluding diaryl/α,β-unsaturated/α-hetero) is 1. The number of alkyl halides is 1. The summed E-state index contributed by atoms with van der Waals surface area (Å²) in [5.74, 6) is -0.814. The first-order chi connectivity index (χ1) is 10.6. The van der Waals surface area contributed by atoms with Gasteiger partial charge in [-0.1, -0.05) is 12.1 Å². The molecule has 22 heavy (non-hydrogen) atoms. The van der Waals surface area contributed by atoms with Gasteiger partial charge >= 0.3 is 0 Å². The average Bonchev–Trinajstić information content (AvgIpc) is 2.98. The quantitative estimate of drug-likeness (QED) is 0.567. The molecule has 0 aliphatic rings. The van der Waals surface area contributed by atoms with Gasteiger partial charge in [0.15, 0.2) is 11.5 Å². The second-order valence-corrected chi connectivity index (χ2v) is 5.02. The highest BCUT2D eigenvalue weighted by molar-refractivity contribution is 6.30. The summed E-state index contributed by atoms with van der Waals surface area (Å²) in [4.78, 5) is 13.2. The van der Waals surface area contributed by atoms with Crippen LogP contribution >= 0.6 is 11.6 Å². The number of hydrogen-bond donors (Lipinski definition) is 2. The second-order valence-electron chi connectivity index (χ2n) is 4.75. The monoisotopic (exact) mass is 316 g/mol. The van der Waals surface area contributed by atoms with Crippen LogP contribution in [0.2, 0.25) is 0 Å². The number of phenolic OH excluding ortho intramolecular Hbond substituents is 1. The summed E-state index contributed by atoms with van der Waals surface area (Å²) in [5.41, 5.74) is 8.13. The summed E-state index contributed by atoms with van der Waals surface area (Å²) >= 11 is 5.59. The van der Waals surface area contributed by atoms with Crippen LogP contribution < -0.4 is 5.73 Å². The molecular formula is C15H13ClN4O2. The molecule has 3 rings (SSSR count). The van der Waals surface area contributed by atoms with E-state index in [2.05, 4.69) is 10.2 Å². The van der Waals surface area contributed by atoms with Crippen LogP contribution in [0.1, 0.15) is 15.9 Å². The summed E-state index contributed by atoms with van der Waals surface area (Å²) < 4.78 is 0. The lowest BCUT2D eigenvalue weighted by Crippen LogP contribution is -2.09. The van der Waals surface area contributed by atoms with E-state index in [9.17, 15) is 9.90 Å². The molecule has 0 radical (unpaired) electrons. The molecule has 0 saturated carbocycles. The summed E-state index contributed by atoms with van der Waals surface area (Å²) in [6.45, 7) is 0.219. The van der Waals surface area contributed by atoms with Gasteiger partial charge < -0.3 is 10.8 Å². The first-order valence-corrected chi connectivity index (χ1v) is 7.15. The average molecular weight is 317 g/mol. The molecule has 0 saturated heterocycles. The highest BCUT2D eigenvalue weighted by Crippen LogP contribution is 2.28. The molecule has 0 spiro atoms. The van der Waals surface area contributed by atoms with Crippen molar-refractivity contribution in [2.75, 3.05) is 5.88 Å². The standard InChI is InChI=1S/C15H13ClN4O2/c16-7-14(21)10-5-9(8-17)6-13(15(10)22)20-18-11-3-1-2-4-12(11)19-20/h1-6,22H,7-8,17H2. The van der Waals surface area contributed by atoms with Crippen molar-refractivity contribution in [2.45, 2.75) is 6.54 Å². The Hall–Kier alpha value is -2.44. The fraction of sp³-hybridized carbons (Fsp3) is 0.133. The maximum atomic E-state index is 11.9. The van der Waals surface area contributed by atoms with Gasteiger partial charge in [0.2, 0.25) is 0 Å². The molecule has 3 aromatic rings. The zero-order chi connectivity index (χ0) is 15.7. The van der Waals surface area contributed by atoms with Gasteiger partial charge in [0.05, 0.1) is 11.4 Å². The summed E-state index contributed by atoms with van der Waals surface area (Å²) in [7, 11) is 0. The molecule has 0 aliphatic heterocycles. The second kappa shape index (κ2) is 5.75. The molecule has 0 amide bonds. The molecule has 0 fully saturated rings. The van der Waals surface area contributed by atoms with Gasteiger partial charge in [-0.25, -0.2) is 0 Å². The Labute approximate surface area is 131 Å². The number of phenols is 1. The van der Waals surface area contributed by atoms with Crippen LogP contribution in [0.15, 0.2) is 36.4 Å². The highest BCUT2D eigenvalue weighted by Gasteiger charge is 2.18. The van der Waals surface area contributed by atoms with E-state index in [0.717, 1.165) is 0 Å². The molecule has 6 nitrogen and oxygen atoms in total. The van der Waals surface area contributed by atoms with E-state index in [1.807, 2.05) is 24.3 Å². The number of benzene rings is 2. The van der Waals surface area contributed by atoms with Crippen LogP contribution in [-0.2, 0) is 6.54 Å². The Kier molecular flexibility index (Phi) is 3.79. The van der Waals surface area contributed by atoms with Crippen LogP contribution in [0.3, 0.4) is 0 Å². The highest BCUT2D eigenvalue weighted by atomic mass is 35.5. The van der Waals surface area contributed by atoms with Crippen LogP contribution in [0, 0.1) is 0 Å². The van der Waals surface area contributed by atoms with E-state index in [1.54, 1.807) is 6.07 Å². The SMILES string of the molecule is NCc1cc(C(=O)CCl)c(O)c(-n2nc3ccccc3n2)c1. The largest absolute Gasteiger partial charge is 0.505 e. The molecule has 1 heterocycles. The van der Waals surface area contributed by atoms with Crippen LogP contribution in [0.5, 0.6) is 5.75 Å². The lowest BCUT2D eigenvalue weighted by Gasteiger charge is -2.10. The predicted molar refractivity (Wildman–Crippen MR) is 83.5 cm³/mol. The van der Waals surface area contributed by atoms with Crippen LogP contribution in [-0.4, -0.2) is 31.8 Å². The van der Waals surface area contributed by atoms with Gasteiger partial charge in [-0.05, 0) is 29.8 Å². The minimum absolute atomic E-state index is 0.120. The maximum absolute atomic E-state index is 11.9. The number of halogens is 1. The Balaban J connectivity index is 2.22. The molecule has 0 aliphatic carbocycles. The first-order valence-electron chi connectivity index (χ1n) is 6.61. The van der Waals surface area contributed by atoms with Gasteiger partial charge in [0.1, 0.15) is 16.7 Å². The van der Waals surface area contributed by atoms with Crippen molar-refractivity contribution in [1.82, 2.24) is 15.0 Å². The van der Waals surface area contributed by atoms with Crippen molar-refractivity contribution in [3.05, 3.63) is 47.5 Å². The van der Waals surface area contributed by atoms with Crippen molar-refractivity contribution in [3.63, 3.8) is 0 Å². The number of ketones is 1. The summed E-state index contributed by atoms with van der Waals surface area (Å²) in [6, 6.07) is 10.5. The molecule has 0 bridgehead atoms. The van der Waals surface area contributed by atoms with E-state index >= 15 is 0 Å². The number of fused-ring (bicyclic) bond motifs is 1. The Morgan fingerprint density at radius 2 is 1.86 bits per heavy atom. The normalized spacial score (nSPS) is 11.0. The number of nitrogens with zero attached hydrogens (tertiary/aromatic N) is 3. The van der Waals surface area contributed by atoms with Crippen molar-refractivity contribution >= 4 is 28.4 Å². The minimum atomic E-state index is -0.382. The van der Waals surface area contributed by atoms with Crippen LogP contribution in [0.4, 0.5) is 0 Å². The van der Waals surface area contributed by atoms with Crippen molar-refractivity contribution in [2.24, 2.45) is 5.73 Å². The molecule has 3 N–H and O–H groups in total. The number of aromatic nitrogens is 3. The molecule has 2 aromatic carbocycles.